The first kappa shape index (κ1) is 18.5. The predicted molar refractivity (Wildman–Crippen MR) is 98.0 cm³/mol. The van der Waals surface area contributed by atoms with Crippen LogP contribution in [-0.4, -0.2) is 25.5 Å². The molecule has 2 rings (SSSR count). The van der Waals surface area contributed by atoms with Crippen LogP contribution in [0.3, 0.4) is 0 Å². The molecule has 130 valence electrons. The fourth-order valence-corrected chi connectivity index (χ4v) is 2.79. The SMILES string of the molecule is COc1cccc(C=CC(=O)OCC(=O)c2c(C)cc(C)cc2C)c1. The molecular weight excluding hydrogens is 316 g/mol. The van der Waals surface area contributed by atoms with Crippen LogP contribution >= 0.6 is 0 Å². The lowest BCUT2D eigenvalue weighted by Gasteiger charge is -2.10. The first-order valence-electron chi connectivity index (χ1n) is 8.00. The van der Waals surface area contributed by atoms with E-state index in [1.165, 1.54) is 6.08 Å². The van der Waals surface area contributed by atoms with E-state index >= 15 is 0 Å². The van der Waals surface area contributed by atoms with Gasteiger partial charge in [-0.05, 0) is 55.7 Å². The van der Waals surface area contributed by atoms with Gasteiger partial charge in [-0.15, -0.1) is 0 Å². The highest BCUT2D eigenvalue weighted by Crippen LogP contribution is 2.17. The third-order valence-electron chi connectivity index (χ3n) is 3.81. The minimum atomic E-state index is -0.557. The van der Waals surface area contributed by atoms with Gasteiger partial charge in [0.05, 0.1) is 7.11 Å². The van der Waals surface area contributed by atoms with Crippen LogP contribution in [0.15, 0.2) is 42.5 Å². The molecule has 0 N–H and O–H groups in total. The van der Waals surface area contributed by atoms with E-state index in [-0.39, 0.29) is 12.4 Å². The quantitative estimate of drug-likeness (QED) is 0.453. The van der Waals surface area contributed by atoms with Crippen molar-refractivity contribution >= 4 is 17.8 Å². The van der Waals surface area contributed by atoms with Crippen LogP contribution < -0.4 is 4.74 Å². The summed E-state index contributed by atoms with van der Waals surface area (Å²) < 4.78 is 10.2. The topological polar surface area (TPSA) is 52.6 Å². The Labute approximate surface area is 148 Å². The van der Waals surface area contributed by atoms with Crippen molar-refractivity contribution in [2.24, 2.45) is 0 Å². The molecule has 0 aliphatic carbocycles. The Balaban J connectivity index is 1.98. The summed E-state index contributed by atoms with van der Waals surface area (Å²) in [6, 6.07) is 11.2. The van der Waals surface area contributed by atoms with Crippen molar-refractivity contribution in [1.29, 1.82) is 0 Å². The molecule has 0 saturated carbocycles. The molecular formula is C21H22O4. The van der Waals surface area contributed by atoms with E-state index < -0.39 is 5.97 Å². The van der Waals surface area contributed by atoms with Crippen molar-refractivity contribution in [2.75, 3.05) is 13.7 Å². The number of methoxy groups -OCH3 is 1. The van der Waals surface area contributed by atoms with E-state index in [9.17, 15) is 9.59 Å². The lowest BCUT2D eigenvalue weighted by molar-refractivity contribution is -0.136. The van der Waals surface area contributed by atoms with Gasteiger partial charge < -0.3 is 9.47 Å². The van der Waals surface area contributed by atoms with Crippen LogP contribution in [0.5, 0.6) is 5.75 Å². The van der Waals surface area contributed by atoms with Gasteiger partial charge in [0.1, 0.15) is 5.75 Å². The van der Waals surface area contributed by atoms with E-state index in [0.29, 0.717) is 11.3 Å². The molecule has 0 fully saturated rings. The molecule has 0 heterocycles. The molecule has 0 amide bonds. The number of hydrogen-bond donors (Lipinski definition) is 0. The Kier molecular flexibility index (Phi) is 6.12. The fourth-order valence-electron chi connectivity index (χ4n) is 2.79. The second kappa shape index (κ2) is 8.29. The molecule has 0 saturated heterocycles. The predicted octanol–water partition coefficient (Wildman–Crippen LogP) is 4.06. The summed E-state index contributed by atoms with van der Waals surface area (Å²) in [6.45, 7) is 5.49. The first-order chi connectivity index (χ1) is 11.9. The van der Waals surface area contributed by atoms with Crippen molar-refractivity contribution in [3.63, 3.8) is 0 Å². The molecule has 0 aromatic heterocycles. The Bertz CT molecular complexity index is 795. The number of ether oxygens (including phenoxy) is 2. The highest BCUT2D eigenvalue weighted by Gasteiger charge is 2.14. The second-order valence-electron chi connectivity index (χ2n) is 5.91. The molecule has 4 heteroatoms. The highest BCUT2D eigenvalue weighted by atomic mass is 16.5. The Hall–Kier alpha value is -2.88. The first-order valence-corrected chi connectivity index (χ1v) is 8.00. The number of benzene rings is 2. The maximum absolute atomic E-state index is 12.3. The van der Waals surface area contributed by atoms with E-state index in [0.717, 1.165) is 22.3 Å². The van der Waals surface area contributed by atoms with E-state index in [1.807, 2.05) is 51.1 Å². The highest BCUT2D eigenvalue weighted by molar-refractivity contribution is 6.01. The Morgan fingerprint density at radius 2 is 1.72 bits per heavy atom. The normalized spacial score (nSPS) is 10.7. The molecule has 2 aromatic rings. The van der Waals surface area contributed by atoms with Gasteiger partial charge in [-0.2, -0.15) is 0 Å². The zero-order valence-electron chi connectivity index (χ0n) is 15.0. The standard InChI is InChI=1S/C21H22O4/c1-14-10-15(2)21(16(3)11-14)19(22)13-25-20(23)9-8-17-6-5-7-18(12-17)24-4/h5-12H,13H2,1-4H3. The number of hydrogen-bond acceptors (Lipinski definition) is 4. The number of aryl methyl sites for hydroxylation is 3. The van der Waals surface area contributed by atoms with Gasteiger partial charge in [0.15, 0.2) is 6.61 Å². The molecule has 0 aliphatic rings. The zero-order valence-corrected chi connectivity index (χ0v) is 15.0. The summed E-state index contributed by atoms with van der Waals surface area (Å²) in [4.78, 5) is 24.2. The average Bonchev–Trinajstić information content (AvgIpc) is 2.57. The minimum absolute atomic E-state index is 0.196. The number of esters is 1. The van der Waals surface area contributed by atoms with Crippen molar-refractivity contribution < 1.29 is 19.1 Å². The van der Waals surface area contributed by atoms with E-state index in [1.54, 1.807) is 19.3 Å². The van der Waals surface area contributed by atoms with Gasteiger partial charge in [-0.1, -0.05) is 29.8 Å². The van der Waals surface area contributed by atoms with Crippen molar-refractivity contribution in [2.45, 2.75) is 20.8 Å². The van der Waals surface area contributed by atoms with Crippen LogP contribution in [-0.2, 0) is 9.53 Å². The summed E-state index contributed by atoms with van der Waals surface area (Å²) in [5.41, 5.74) is 4.32. The van der Waals surface area contributed by atoms with Crippen molar-refractivity contribution in [1.82, 2.24) is 0 Å². The third-order valence-corrected chi connectivity index (χ3v) is 3.81. The van der Waals surface area contributed by atoms with Gasteiger partial charge in [0.25, 0.3) is 0 Å². The zero-order chi connectivity index (χ0) is 18.4. The molecule has 0 radical (unpaired) electrons. The third kappa shape index (κ3) is 5.05. The number of carbonyl (C=O) groups is 2. The molecule has 0 spiro atoms. The molecule has 0 aliphatic heterocycles. The molecule has 4 nitrogen and oxygen atoms in total. The van der Waals surface area contributed by atoms with Crippen LogP contribution in [0.2, 0.25) is 0 Å². The van der Waals surface area contributed by atoms with Gasteiger partial charge in [0, 0.05) is 11.6 Å². The summed E-state index contributed by atoms with van der Waals surface area (Å²) >= 11 is 0. The number of ketones is 1. The number of Topliss-reactive ketones (excluding diaryl/α,β-unsaturated/α-hetero) is 1. The van der Waals surface area contributed by atoms with Crippen molar-refractivity contribution in [3.8, 4) is 5.75 Å². The molecule has 0 bridgehead atoms. The number of carbonyl (C=O) groups excluding carboxylic acids is 2. The van der Waals surface area contributed by atoms with E-state index in [2.05, 4.69) is 0 Å². The monoisotopic (exact) mass is 338 g/mol. The summed E-state index contributed by atoms with van der Waals surface area (Å²) in [5.74, 6) is -0.0484. The van der Waals surface area contributed by atoms with Crippen LogP contribution in [0.4, 0.5) is 0 Å². The number of rotatable bonds is 6. The van der Waals surface area contributed by atoms with Crippen LogP contribution in [0.1, 0.15) is 32.6 Å². The minimum Gasteiger partial charge on any atom is -0.497 e. The smallest absolute Gasteiger partial charge is 0.331 e. The second-order valence-corrected chi connectivity index (χ2v) is 5.91. The molecule has 2 aromatic carbocycles. The maximum Gasteiger partial charge on any atom is 0.331 e. The van der Waals surface area contributed by atoms with E-state index in [4.69, 9.17) is 9.47 Å². The van der Waals surface area contributed by atoms with Gasteiger partial charge in [0.2, 0.25) is 5.78 Å². The maximum atomic E-state index is 12.3. The van der Waals surface area contributed by atoms with Gasteiger partial charge >= 0.3 is 5.97 Å². The largest absolute Gasteiger partial charge is 0.497 e. The molecule has 25 heavy (non-hydrogen) atoms. The Morgan fingerprint density at radius 3 is 2.36 bits per heavy atom. The molecule has 0 atom stereocenters. The average molecular weight is 338 g/mol. The Morgan fingerprint density at radius 1 is 1.04 bits per heavy atom. The fraction of sp³-hybridized carbons (Fsp3) is 0.238. The summed E-state index contributed by atoms with van der Waals surface area (Å²) in [7, 11) is 1.58. The lowest BCUT2D eigenvalue weighted by atomic mass is 9.97. The van der Waals surface area contributed by atoms with Crippen molar-refractivity contribution in [3.05, 3.63) is 70.3 Å². The molecule has 0 unspecified atom stereocenters. The van der Waals surface area contributed by atoms with Gasteiger partial charge in [-0.25, -0.2) is 4.79 Å². The van der Waals surface area contributed by atoms with Crippen LogP contribution in [0, 0.1) is 20.8 Å². The summed E-state index contributed by atoms with van der Waals surface area (Å²) in [6.07, 6.45) is 2.93. The van der Waals surface area contributed by atoms with Gasteiger partial charge in [-0.3, -0.25) is 4.79 Å². The van der Waals surface area contributed by atoms with Crippen LogP contribution in [0.25, 0.3) is 6.08 Å². The lowest BCUT2D eigenvalue weighted by Crippen LogP contribution is -2.15. The summed E-state index contributed by atoms with van der Waals surface area (Å²) in [5, 5.41) is 0.